The fourth-order valence-electron chi connectivity index (χ4n) is 3.64. The molecule has 2 rings (SSSR count). The summed E-state index contributed by atoms with van der Waals surface area (Å²) in [7, 11) is 0. The van der Waals surface area contributed by atoms with Crippen LogP contribution in [0.4, 0.5) is 0 Å². The lowest BCUT2D eigenvalue weighted by Crippen LogP contribution is -2.56. The molecule has 0 aromatic heterocycles. The Bertz CT molecular complexity index is 313. The highest BCUT2D eigenvalue weighted by Crippen LogP contribution is 2.32. The highest BCUT2D eigenvalue weighted by Gasteiger charge is 2.45. The lowest BCUT2D eigenvalue weighted by molar-refractivity contribution is -0.153. The minimum Gasteiger partial charge on any atom is -0.480 e. The Morgan fingerprint density at radius 3 is 2.26 bits per heavy atom. The SMILES string of the molecule is CC(C)N1CCCC(C(=O)O)(N2CCCCC2)CC1. The quantitative estimate of drug-likeness (QED) is 0.852. The van der Waals surface area contributed by atoms with Crippen LogP contribution in [0.1, 0.15) is 52.4 Å². The summed E-state index contributed by atoms with van der Waals surface area (Å²) in [4.78, 5) is 16.6. The zero-order valence-corrected chi connectivity index (χ0v) is 12.4. The summed E-state index contributed by atoms with van der Waals surface area (Å²) in [5.41, 5.74) is -0.593. The average molecular weight is 268 g/mol. The number of nitrogens with zero attached hydrogens (tertiary/aromatic N) is 2. The molecule has 0 saturated carbocycles. The van der Waals surface area contributed by atoms with Gasteiger partial charge in [0.2, 0.25) is 0 Å². The van der Waals surface area contributed by atoms with Crippen LogP contribution in [0.25, 0.3) is 0 Å². The number of carbonyl (C=O) groups is 1. The van der Waals surface area contributed by atoms with Crippen molar-refractivity contribution < 1.29 is 9.90 Å². The van der Waals surface area contributed by atoms with E-state index in [-0.39, 0.29) is 0 Å². The van der Waals surface area contributed by atoms with Gasteiger partial charge in [-0.25, -0.2) is 0 Å². The Balaban J connectivity index is 2.12. The number of piperidine rings is 1. The smallest absolute Gasteiger partial charge is 0.324 e. The summed E-state index contributed by atoms with van der Waals surface area (Å²) in [6, 6.07) is 0.519. The van der Waals surface area contributed by atoms with Crippen LogP contribution >= 0.6 is 0 Å². The molecule has 0 radical (unpaired) electrons. The summed E-state index contributed by atoms with van der Waals surface area (Å²) in [6.45, 7) is 8.30. The van der Waals surface area contributed by atoms with Crippen molar-refractivity contribution in [3.63, 3.8) is 0 Å². The molecule has 2 heterocycles. The van der Waals surface area contributed by atoms with Crippen molar-refractivity contribution in [2.45, 2.75) is 64.0 Å². The second-order valence-corrected chi connectivity index (χ2v) is 6.37. The van der Waals surface area contributed by atoms with E-state index in [1.807, 2.05) is 0 Å². The fraction of sp³-hybridized carbons (Fsp3) is 0.933. The fourth-order valence-corrected chi connectivity index (χ4v) is 3.64. The van der Waals surface area contributed by atoms with E-state index in [4.69, 9.17) is 0 Å². The number of likely N-dealkylation sites (tertiary alicyclic amines) is 2. The van der Waals surface area contributed by atoms with Crippen molar-refractivity contribution in [1.29, 1.82) is 0 Å². The molecule has 0 bridgehead atoms. The lowest BCUT2D eigenvalue weighted by Gasteiger charge is -2.42. The van der Waals surface area contributed by atoms with E-state index in [0.717, 1.165) is 58.3 Å². The number of carboxylic acid groups (broad SMARTS) is 1. The number of hydrogen-bond acceptors (Lipinski definition) is 3. The molecular formula is C15H28N2O2. The van der Waals surface area contributed by atoms with Gasteiger partial charge < -0.3 is 10.0 Å². The van der Waals surface area contributed by atoms with Gasteiger partial charge >= 0.3 is 5.97 Å². The highest BCUT2D eigenvalue weighted by atomic mass is 16.4. The molecule has 0 aromatic carbocycles. The van der Waals surface area contributed by atoms with Crippen molar-refractivity contribution in [3.05, 3.63) is 0 Å². The molecule has 19 heavy (non-hydrogen) atoms. The minimum absolute atomic E-state index is 0.519. The molecule has 4 heteroatoms. The largest absolute Gasteiger partial charge is 0.480 e. The zero-order valence-electron chi connectivity index (χ0n) is 12.4. The summed E-state index contributed by atoms with van der Waals surface area (Å²) in [5, 5.41) is 9.83. The van der Waals surface area contributed by atoms with Crippen LogP contribution in [0.3, 0.4) is 0 Å². The van der Waals surface area contributed by atoms with Crippen LogP contribution in [0, 0.1) is 0 Å². The molecule has 0 aromatic rings. The van der Waals surface area contributed by atoms with Gasteiger partial charge in [0.15, 0.2) is 0 Å². The van der Waals surface area contributed by atoms with E-state index >= 15 is 0 Å². The molecule has 2 saturated heterocycles. The molecule has 1 N–H and O–H groups in total. The highest BCUT2D eigenvalue weighted by molar-refractivity contribution is 5.79. The van der Waals surface area contributed by atoms with Crippen molar-refractivity contribution in [2.24, 2.45) is 0 Å². The van der Waals surface area contributed by atoms with Crippen LogP contribution in [0.2, 0.25) is 0 Å². The standard InChI is InChI=1S/C15H28N2O2/c1-13(2)16-9-6-7-15(8-12-16,14(18)19)17-10-4-3-5-11-17/h13H,3-12H2,1-2H3,(H,18,19). The van der Waals surface area contributed by atoms with E-state index in [9.17, 15) is 9.90 Å². The van der Waals surface area contributed by atoms with Crippen LogP contribution in [-0.4, -0.2) is 58.6 Å². The molecule has 2 aliphatic rings. The molecule has 0 aliphatic carbocycles. The van der Waals surface area contributed by atoms with E-state index in [2.05, 4.69) is 23.6 Å². The first-order valence-electron chi connectivity index (χ1n) is 7.79. The summed E-state index contributed by atoms with van der Waals surface area (Å²) < 4.78 is 0. The molecule has 2 fully saturated rings. The molecule has 0 amide bonds. The summed E-state index contributed by atoms with van der Waals surface area (Å²) in [6.07, 6.45) is 6.16. The Hall–Kier alpha value is -0.610. The third kappa shape index (κ3) is 3.11. The minimum atomic E-state index is -0.597. The maximum atomic E-state index is 11.9. The first kappa shape index (κ1) is 14.8. The predicted octanol–water partition coefficient (Wildman–Crippen LogP) is 2.19. The van der Waals surface area contributed by atoms with Crippen LogP contribution in [0.5, 0.6) is 0 Å². The van der Waals surface area contributed by atoms with Gasteiger partial charge in [0.25, 0.3) is 0 Å². The molecule has 110 valence electrons. The number of aliphatic carboxylic acids is 1. The Morgan fingerprint density at radius 1 is 1.00 bits per heavy atom. The number of carboxylic acids is 1. The Kier molecular flexibility index (Phi) is 4.85. The van der Waals surface area contributed by atoms with E-state index in [1.165, 1.54) is 6.42 Å². The molecule has 1 atom stereocenters. The molecule has 4 nitrogen and oxygen atoms in total. The maximum Gasteiger partial charge on any atom is 0.324 e. The molecule has 0 spiro atoms. The maximum absolute atomic E-state index is 11.9. The molecule has 2 aliphatic heterocycles. The zero-order chi connectivity index (χ0) is 13.9. The van der Waals surface area contributed by atoms with E-state index in [1.54, 1.807) is 0 Å². The topological polar surface area (TPSA) is 43.8 Å². The van der Waals surface area contributed by atoms with E-state index in [0.29, 0.717) is 6.04 Å². The number of hydrogen-bond donors (Lipinski definition) is 1. The van der Waals surface area contributed by atoms with Crippen molar-refractivity contribution in [2.75, 3.05) is 26.2 Å². The third-order valence-corrected chi connectivity index (χ3v) is 4.94. The van der Waals surface area contributed by atoms with E-state index < -0.39 is 11.5 Å². The number of rotatable bonds is 3. The van der Waals surface area contributed by atoms with Gasteiger partial charge in [0, 0.05) is 12.6 Å². The second-order valence-electron chi connectivity index (χ2n) is 6.37. The first-order valence-corrected chi connectivity index (χ1v) is 7.79. The Labute approximate surface area is 116 Å². The molecular weight excluding hydrogens is 240 g/mol. The average Bonchev–Trinajstić information content (AvgIpc) is 2.63. The monoisotopic (exact) mass is 268 g/mol. The van der Waals surface area contributed by atoms with Crippen molar-refractivity contribution >= 4 is 5.97 Å². The second kappa shape index (κ2) is 6.23. The first-order chi connectivity index (χ1) is 9.06. The van der Waals surface area contributed by atoms with Gasteiger partial charge in [-0.3, -0.25) is 9.69 Å². The van der Waals surface area contributed by atoms with Crippen LogP contribution < -0.4 is 0 Å². The van der Waals surface area contributed by atoms with Gasteiger partial charge in [-0.2, -0.15) is 0 Å². The summed E-state index contributed by atoms with van der Waals surface area (Å²) >= 11 is 0. The van der Waals surface area contributed by atoms with Crippen molar-refractivity contribution in [3.8, 4) is 0 Å². The van der Waals surface area contributed by atoms with Gasteiger partial charge in [-0.1, -0.05) is 6.42 Å². The Morgan fingerprint density at radius 2 is 1.68 bits per heavy atom. The van der Waals surface area contributed by atoms with Gasteiger partial charge in [-0.15, -0.1) is 0 Å². The molecule has 1 unspecified atom stereocenters. The third-order valence-electron chi connectivity index (χ3n) is 4.94. The predicted molar refractivity (Wildman–Crippen MR) is 76.4 cm³/mol. The van der Waals surface area contributed by atoms with Gasteiger partial charge in [0.05, 0.1) is 0 Å². The van der Waals surface area contributed by atoms with Crippen molar-refractivity contribution in [1.82, 2.24) is 9.80 Å². The van der Waals surface area contributed by atoms with Gasteiger partial charge in [0.1, 0.15) is 5.54 Å². The van der Waals surface area contributed by atoms with Crippen LogP contribution in [0.15, 0.2) is 0 Å². The normalized spacial score (nSPS) is 31.3. The van der Waals surface area contributed by atoms with Crippen LogP contribution in [-0.2, 0) is 4.79 Å². The summed E-state index contributed by atoms with van der Waals surface area (Å²) in [5.74, 6) is -0.597. The van der Waals surface area contributed by atoms with Gasteiger partial charge in [-0.05, 0) is 65.6 Å². The lowest BCUT2D eigenvalue weighted by atomic mass is 9.86.